The molecule has 4 saturated heterocycles. The number of rotatable bonds is 4. The molecule has 0 aliphatic carbocycles. The summed E-state index contributed by atoms with van der Waals surface area (Å²) in [6.07, 6.45) is 2.18. The van der Waals surface area contributed by atoms with Crippen molar-refractivity contribution in [3.05, 3.63) is 65.2 Å². The summed E-state index contributed by atoms with van der Waals surface area (Å²) in [5, 5.41) is 21.5. The van der Waals surface area contributed by atoms with Gasteiger partial charge in [-0.15, -0.1) is 0 Å². The van der Waals surface area contributed by atoms with E-state index >= 15 is 0 Å². The molecule has 2 bridgehead atoms. The molecule has 2 aromatic carbocycles. The van der Waals surface area contributed by atoms with Crippen LogP contribution in [0.15, 0.2) is 48.5 Å². The number of aliphatic hydroxyl groups is 2. The van der Waals surface area contributed by atoms with Crippen LogP contribution in [0, 0.1) is 17.8 Å². The first-order chi connectivity index (χ1) is 15.5. The molecule has 0 spiro atoms. The van der Waals surface area contributed by atoms with Gasteiger partial charge in [0.15, 0.2) is 0 Å². The average molecular weight is 433 g/mol. The first-order valence-electron chi connectivity index (χ1n) is 11.6. The number of nitrogens with zero attached hydrogens (tertiary/aromatic N) is 2. The molecule has 3 atom stereocenters. The molecule has 2 N–H and O–H groups in total. The SMILES string of the molecule is CO[C@H]1CN(c2ccc(C#C[C@@]3(O)CN4CCC3CC4)c(Cc3ccccc3)c2)C[C@@H]1O. The Labute approximate surface area is 190 Å². The number of ether oxygens (including phenoxy) is 1. The smallest absolute Gasteiger partial charge is 0.141 e. The maximum Gasteiger partial charge on any atom is 0.141 e. The van der Waals surface area contributed by atoms with Crippen molar-refractivity contribution in [2.75, 3.05) is 44.7 Å². The van der Waals surface area contributed by atoms with Crippen molar-refractivity contribution in [1.29, 1.82) is 0 Å². The van der Waals surface area contributed by atoms with Crippen LogP contribution >= 0.6 is 0 Å². The molecule has 5 heteroatoms. The van der Waals surface area contributed by atoms with E-state index in [9.17, 15) is 10.2 Å². The zero-order valence-electron chi connectivity index (χ0n) is 18.7. The van der Waals surface area contributed by atoms with Crippen LogP contribution in [0.2, 0.25) is 0 Å². The van der Waals surface area contributed by atoms with E-state index in [0.717, 1.165) is 49.2 Å². The lowest BCUT2D eigenvalue weighted by atomic mass is 9.75. The van der Waals surface area contributed by atoms with E-state index in [2.05, 4.69) is 64.1 Å². The number of methoxy groups -OCH3 is 1. The third-order valence-corrected chi connectivity index (χ3v) is 7.37. The highest BCUT2D eigenvalue weighted by Gasteiger charge is 2.44. The largest absolute Gasteiger partial charge is 0.388 e. The highest BCUT2D eigenvalue weighted by atomic mass is 16.5. The van der Waals surface area contributed by atoms with E-state index in [4.69, 9.17) is 4.74 Å². The van der Waals surface area contributed by atoms with Crippen LogP contribution < -0.4 is 4.90 Å². The van der Waals surface area contributed by atoms with Crippen molar-refractivity contribution in [3.8, 4) is 11.8 Å². The molecule has 4 aliphatic rings. The molecule has 0 saturated carbocycles. The maximum atomic E-state index is 11.3. The molecular formula is C27H32N2O3. The molecule has 0 aromatic heterocycles. The predicted octanol–water partition coefficient (Wildman–Crippen LogP) is 2.28. The van der Waals surface area contributed by atoms with Gasteiger partial charge in [0, 0.05) is 43.9 Å². The topological polar surface area (TPSA) is 56.2 Å². The Kier molecular flexibility index (Phi) is 5.96. The van der Waals surface area contributed by atoms with Crippen molar-refractivity contribution in [1.82, 2.24) is 4.90 Å². The minimum absolute atomic E-state index is 0.169. The quantitative estimate of drug-likeness (QED) is 0.726. The van der Waals surface area contributed by atoms with Gasteiger partial charge in [0.25, 0.3) is 0 Å². The van der Waals surface area contributed by atoms with Gasteiger partial charge in [0.2, 0.25) is 0 Å². The van der Waals surface area contributed by atoms with E-state index in [-0.39, 0.29) is 12.0 Å². The maximum absolute atomic E-state index is 11.3. The van der Waals surface area contributed by atoms with E-state index in [0.29, 0.717) is 19.6 Å². The second kappa shape index (κ2) is 8.88. The first kappa shape index (κ1) is 21.5. The van der Waals surface area contributed by atoms with Crippen molar-refractivity contribution in [3.63, 3.8) is 0 Å². The van der Waals surface area contributed by atoms with Crippen LogP contribution in [-0.4, -0.2) is 72.8 Å². The number of hydrogen-bond acceptors (Lipinski definition) is 5. The van der Waals surface area contributed by atoms with Gasteiger partial charge in [0.1, 0.15) is 11.7 Å². The van der Waals surface area contributed by atoms with Crippen LogP contribution in [0.1, 0.15) is 29.5 Å². The number of β-amino-alcohol motifs (C(OH)–C–C–N with tert-alkyl or cyclic N) is 1. The van der Waals surface area contributed by atoms with E-state index in [1.165, 1.54) is 5.56 Å². The molecule has 5 nitrogen and oxygen atoms in total. The van der Waals surface area contributed by atoms with Crippen molar-refractivity contribution in [2.45, 2.75) is 37.1 Å². The van der Waals surface area contributed by atoms with Gasteiger partial charge < -0.3 is 19.8 Å². The summed E-state index contributed by atoms with van der Waals surface area (Å²) in [6, 6.07) is 16.7. The molecule has 2 aromatic rings. The normalized spacial score (nSPS) is 31.4. The number of piperidine rings is 3. The summed E-state index contributed by atoms with van der Waals surface area (Å²) in [5.74, 6) is 6.90. The van der Waals surface area contributed by atoms with Gasteiger partial charge in [0.05, 0.1) is 6.10 Å². The van der Waals surface area contributed by atoms with Crippen molar-refractivity contribution >= 4 is 5.69 Å². The molecule has 4 fully saturated rings. The lowest BCUT2D eigenvalue weighted by Crippen LogP contribution is -2.58. The summed E-state index contributed by atoms with van der Waals surface area (Å²) < 4.78 is 5.42. The number of aliphatic hydroxyl groups excluding tert-OH is 1. The van der Waals surface area contributed by atoms with Crippen LogP contribution in [-0.2, 0) is 11.2 Å². The summed E-state index contributed by atoms with van der Waals surface area (Å²) in [6.45, 7) is 4.04. The zero-order chi connectivity index (χ0) is 22.1. The minimum Gasteiger partial charge on any atom is -0.388 e. The van der Waals surface area contributed by atoms with Crippen molar-refractivity contribution < 1.29 is 14.9 Å². The summed E-state index contributed by atoms with van der Waals surface area (Å²) in [5.41, 5.74) is 3.49. The third-order valence-electron chi connectivity index (χ3n) is 7.37. The molecule has 4 heterocycles. The number of fused-ring (bicyclic) bond motifs is 3. The molecular weight excluding hydrogens is 400 g/mol. The fourth-order valence-electron chi connectivity index (χ4n) is 5.42. The molecule has 32 heavy (non-hydrogen) atoms. The molecule has 6 rings (SSSR count). The molecule has 0 unspecified atom stereocenters. The molecule has 168 valence electrons. The highest BCUT2D eigenvalue weighted by Crippen LogP contribution is 2.35. The Morgan fingerprint density at radius 1 is 1.09 bits per heavy atom. The van der Waals surface area contributed by atoms with Crippen LogP contribution in [0.25, 0.3) is 0 Å². The lowest BCUT2D eigenvalue weighted by Gasteiger charge is -2.47. The number of benzene rings is 2. The average Bonchev–Trinajstić information content (AvgIpc) is 3.20. The first-order valence-corrected chi connectivity index (χ1v) is 11.6. The predicted molar refractivity (Wildman–Crippen MR) is 126 cm³/mol. The summed E-state index contributed by atoms with van der Waals surface area (Å²) >= 11 is 0. The van der Waals surface area contributed by atoms with Crippen LogP contribution in [0.5, 0.6) is 0 Å². The third kappa shape index (κ3) is 4.29. The minimum atomic E-state index is -0.913. The van der Waals surface area contributed by atoms with E-state index < -0.39 is 11.7 Å². The van der Waals surface area contributed by atoms with Crippen molar-refractivity contribution in [2.24, 2.45) is 5.92 Å². The molecule has 0 radical (unpaired) electrons. The van der Waals surface area contributed by atoms with E-state index in [1.54, 1.807) is 7.11 Å². The second-order valence-electron chi connectivity index (χ2n) is 9.47. The Hall–Kier alpha value is -2.36. The van der Waals surface area contributed by atoms with Crippen LogP contribution in [0.4, 0.5) is 5.69 Å². The van der Waals surface area contributed by atoms with Gasteiger partial charge in [-0.05, 0) is 61.7 Å². The Morgan fingerprint density at radius 3 is 2.53 bits per heavy atom. The van der Waals surface area contributed by atoms with Gasteiger partial charge in [-0.1, -0.05) is 42.2 Å². The van der Waals surface area contributed by atoms with Crippen LogP contribution in [0.3, 0.4) is 0 Å². The second-order valence-corrected chi connectivity index (χ2v) is 9.47. The lowest BCUT2D eigenvalue weighted by molar-refractivity contribution is -0.0713. The summed E-state index contributed by atoms with van der Waals surface area (Å²) in [4.78, 5) is 4.50. The standard InChI is InChI=1S/C27H32N2O3/c1-32-26-18-29(17-25(26)30)24-8-7-21(22(16-24)15-20-5-3-2-4-6-20)9-12-27(31)19-28-13-10-23(27)11-14-28/h2-8,16,23,25-26,30-31H,10-11,13-15,17-19H2,1H3/t25-,26-,27+/m0/s1. The van der Waals surface area contributed by atoms with Gasteiger partial charge >= 0.3 is 0 Å². The Bertz CT molecular complexity index is 1010. The fraction of sp³-hybridized carbons (Fsp3) is 0.481. The number of hydrogen-bond donors (Lipinski definition) is 2. The van der Waals surface area contributed by atoms with Gasteiger partial charge in [-0.2, -0.15) is 0 Å². The monoisotopic (exact) mass is 432 g/mol. The summed E-state index contributed by atoms with van der Waals surface area (Å²) in [7, 11) is 1.65. The Balaban J connectivity index is 1.46. The molecule has 0 amide bonds. The molecule has 4 aliphatic heterocycles. The van der Waals surface area contributed by atoms with E-state index in [1.807, 2.05) is 6.07 Å². The zero-order valence-corrected chi connectivity index (χ0v) is 18.7. The van der Waals surface area contributed by atoms with Gasteiger partial charge in [-0.3, -0.25) is 4.90 Å². The fourth-order valence-corrected chi connectivity index (χ4v) is 5.42. The van der Waals surface area contributed by atoms with Gasteiger partial charge in [-0.25, -0.2) is 0 Å². The number of anilines is 1. The highest BCUT2D eigenvalue weighted by molar-refractivity contribution is 5.57. The Morgan fingerprint density at radius 2 is 1.88 bits per heavy atom.